The fraction of sp³-hybridized carbons (Fsp3) is 0.667. The highest BCUT2D eigenvalue weighted by atomic mass is 32.2. The van der Waals surface area contributed by atoms with Gasteiger partial charge in [0.15, 0.2) is 0 Å². The van der Waals surface area contributed by atoms with Gasteiger partial charge in [-0.2, -0.15) is 0 Å². The third-order valence-electron chi connectivity index (χ3n) is 2.57. The minimum atomic E-state index is 0.323. The minimum absolute atomic E-state index is 0.323. The smallest absolute Gasteiger partial charge is 0.0304 e. The molecule has 3 heteroatoms. The van der Waals surface area contributed by atoms with Crippen LogP contribution >= 0.6 is 11.8 Å². The summed E-state index contributed by atoms with van der Waals surface area (Å²) < 4.78 is 0. The second-order valence-corrected chi connectivity index (χ2v) is 5.46. The maximum absolute atomic E-state index is 5.88. The number of hydrogen-bond acceptors (Lipinski definition) is 3. The third-order valence-corrected chi connectivity index (χ3v) is 3.81. The van der Waals surface area contributed by atoms with Crippen LogP contribution in [0.25, 0.3) is 0 Å². The van der Waals surface area contributed by atoms with Crippen LogP contribution in [0.4, 0.5) is 0 Å². The monoisotopic (exact) mass is 226 g/mol. The lowest BCUT2D eigenvalue weighted by molar-refractivity contribution is 0.658. The molecule has 1 aliphatic rings. The molecule has 0 aromatic rings. The van der Waals surface area contributed by atoms with Gasteiger partial charge in [0.05, 0.1) is 0 Å². The second kappa shape index (κ2) is 6.96. The lowest BCUT2D eigenvalue weighted by Gasteiger charge is -2.17. The van der Waals surface area contributed by atoms with Crippen molar-refractivity contribution in [1.82, 2.24) is 5.32 Å². The lowest BCUT2D eigenvalue weighted by Crippen LogP contribution is -2.19. The Morgan fingerprint density at radius 2 is 2.53 bits per heavy atom. The van der Waals surface area contributed by atoms with E-state index in [0.29, 0.717) is 11.3 Å². The highest BCUT2D eigenvalue weighted by molar-refractivity contribution is 8.03. The predicted molar refractivity (Wildman–Crippen MR) is 69.8 cm³/mol. The average Bonchev–Trinajstić information content (AvgIpc) is 2.27. The lowest BCUT2D eigenvalue weighted by atomic mass is 10.2. The standard InChI is InChI=1S/C12H22N2S/c1-3-11(13)5-4-10(2)15-12-6-8-14-9-7-12/h4,6,8,11-12,14H,3,5,7,9,13H2,1-2H3/b10-4+. The van der Waals surface area contributed by atoms with Crippen LogP contribution in [-0.2, 0) is 0 Å². The first-order chi connectivity index (χ1) is 7.22. The van der Waals surface area contributed by atoms with Crippen molar-refractivity contribution in [3.8, 4) is 0 Å². The molecule has 0 amide bonds. The molecule has 15 heavy (non-hydrogen) atoms. The van der Waals surface area contributed by atoms with Gasteiger partial charge in [-0.15, -0.1) is 11.8 Å². The van der Waals surface area contributed by atoms with Crippen molar-refractivity contribution in [1.29, 1.82) is 0 Å². The first kappa shape index (κ1) is 12.7. The SMILES string of the molecule is CCC(N)C/C=C(\C)SC1C=CNCC1. The Kier molecular flexibility index (Phi) is 5.88. The molecule has 0 fully saturated rings. The predicted octanol–water partition coefficient (Wildman–Crippen LogP) is 2.63. The Bertz CT molecular complexity index is 236. The summed E-state index contributed by atoms with van der Waals surface area (Å²) >= 11 is 1.95. The van der Waals surface area contributed by atoms with Gasteiger partial charge >= 0.3 is 0 Å². The number of allylic oxidation sites excluding steroid dienone is 1. The van der Waals surface area contributed by atoms with E-state index in [2.05, 4.69) is 37.5 Å². The summed E-state index contributed by atoms with van der Waals surface area (Å²) in [6.07, 6.45) is 9.85. The molecule has 2 nitrogen and oxygen atoms in total. The summed E-state index contributed by atoms with van der Waals surface area (Å²) in [4.78, 5) is 1.40. The van der Waals surface area contributed by atoms with Gasteiger partial charge in [-0.05, 0) is 37.3 Å². The van der Waals surface area contributed by atoms with E-state index in [0.717, 1.165) is 19.4 Å². The van der Waals surface area contributed by atoms with Gasteiger partial charge in [-0.3, -0.25) is 0 Å². The van der Waals surface area contributed by atoms with Gasteiger partial charge in [0.25, 0.3) is 0 Å². The number of thioether (sulfide) groups is 1. The molecular formula is C12H22N2S. The Morgan fingerprint density at radius 3 is 3.13 bits per heavy atom. The van der Waals surface area contributed by atoms with Crippen LogP contribution in [-0.4, -0.2) is 17.8 Å². The molecule has 0 aromatic heterocycles. The summed E-state index contributed by atoms with van der Waals surface area (Å²) in [6, 6.07) is 0.323. The first-order valence-electron chi connectivity index (χ1n) is 5.71. The molecule has 86 valence electrons. The van der Waals surface area contributed by atoms with Crippen molar-refractivity contribution in [2.75, 3.05) is 6.54 Å². The van der Waals surface area contributed by atoms with E-state index in [1.807, 2.05) is 11.8 Å². The van der Waals surface area contributed by atoms with Gasteiger partial charge in [-0.25, -0.2) is 0 Å². The molecule has 1 rings (SSSR count). The summed E-state index contributed by atoms with van der Waals surface area (Å²) in [6.45, 7) is 5.41. The van der Waals surface area contributed by atoms with E-state index < -0.39 is 0 Å². The Morgan fingerprint density at radius 1 is 1.73 bits per heavy atom. The quantitative estimate of drug-likeness (QED) is 0.757. The average molecular weight is 226 g/mol. The van der Waals surface area contributed by atoms with Gasteiger partial charge in [-0.1, -0.05) is 19.1 Å². The van der Waals surface area contributed by atoms with Crippen molar-refractivity contribution in [2.45, 2.75) is 44.4 Å². The van der Waals surface area contributed by atoms with Gasteiger partial charge in [0.2, 0.25) is 0 Å². The molecule has 2 unspecified atom stereocenters. The normalized spacial score (nSPS) is 23.7. The highest BCUT2D eigenvalue weighted by Crippen LogP contribution is 2.26. The molecule has 1 heterocycles. The van der Waals surface area contributed by atoms with Crippen molar-refractivity contribution in [2.24, 2.45) is 5.73 Å². The zero-order valence-corrected chi connectivity index (χ0v) is 10.5. The van der Waals surface area contributed by atoms with Crippen LogP contribution in [0.5, 0.6) is 0 Å². The fourth-order valence-electron chi connectivity index (χ4n) is 1.45. The number of nitrogens with one attached hydrogen (secondary N) is 1. The van der Waals surface area contributed by atoms with Crippen molar-refractivity contribution in [3.63, 3.8) is 0 Å². The molecule has 0 spiro atoms. The van der Waals surface area contributed by atoms with Crippen LogP contribution in [0, 0.1) is 0 Å². The maximum atomic E-state index is 5.88. The van der Waals surface area contributed by atoms with Crippen molar-refractivity contribution < 1.29 is 0 Å². The molecule has 0 saturated carbocycles. The minimum Gasteiger partial charge on any atom is -0.391 e. The van der Waals surface area contributed by atoms with E-state index in [4.69, 9.17) is 5.73 Å². The Hall–Kier alpha value is -0.410. The van der Waals surface area contributed by atoms with E-state index in [-0.39, 0.29) is 0 Å². The maximum Gasteiger partial charge on any atom is 0.0304 e. The molecular weight excluding hydrogens is 204 g/mol. The summed E-state index contributed by atoms with van der Waals surface area (Å²) in [5, 5.41) is 3.85. The van der Waals surface area contributed by atoms with Gasteiger partial charge < -0.3 is 11.1 Å². The third kappa shape index (κ3) is 5.28. The molecule has 1 aliphatic heterocycles. The summed E-state index contributed by atoms with van der Waals surface area (Å²) in [5.74, 6) is 0. The number of hydrogen-bond donors (Lipinski definition) is 2. The highest BCUT2D eigenvalue weighted by Gasteiger charge is 2.09. The van der Waals surface area contributed by atoms with Gasteiger partial charge in [0, 0.05) is 17.8 Å². The van der Waals surface area contributed by atoms with Crippen molar-refractivity contribution >= 4 is 11.8 Å². The van der Waals surface area contributed by atoms with Crippen LogP contribution in [0.3, 0.4) is 0 Å². The van der Waals surface area contributed by atoms with E-state index in [1.165, 1.54) is 11.3 Å². The van der Waals surface area contributed by atoms with Gasteiger partial charge in [0.1, 0.15) is 0 Å². The second-order valence-electron chi connectivity index (χ2n) is 3.98. The zero-order chi connectivity index (χ0) is 11.1. The number of rotatable bonds is 5. The first-order valence-corrected chi connectivity index (χ1v) is 6.59. The van der Waals surface area contributed by atoms with Crippen molar-refractivity contribution in [3.05, 3.63) is 23.3 Å². The largest absolute Gasteiger partial charge is 0.391 e. The van der Waals surface area contributed by atoms with Crippen LogP contribution in [0.15, 0.2) is 23.3 Å². The van der Waals surface area contributed by atoms with Crippen LogP contribution < -0.4 is 11.1 Å². The Balaban J connectivity index is 2.30. The van der Waals surface area contributed by atoms with E-state index in [1.54, 1.807) is 0 Å². The molecule has 0 radical (unpaired) electrons. The Labute approximate surface area is 97.4 Å². The number of nitrogens with two attached hydrogens (primary N) is 1. The van der Waals surface area contributed by atoms with E-state index >= 15 is 0 Å². The molecule has 2 atom stereocenters. The molecule has 0 saturated heterocycles. The fourth-order valence-corrected chi connectivity index (χ4v) is 2.51. The van der Waals surface area contributed by atoms with E-state index in [9.17, 15) is 0 Å². The topological polar surface area (TPSA) is 38.0 Å². The summed E-state index contributed by atoms with van der Waals surface area (Å²) in [7, 11) is 0. The summed E-state index contributed by atoms with van der Waals surface area (Å²) in [5.41, 5.74) is 5.88. The molecule has 0 bridgehead atoms. The van der Waals surface area contributed by atoms with Crippen LogP contribution in [0.1, 0.15) is 33.1 Å². The van der Waals surface area contributed by atoms with Crippen LogP contribution in [0.2, 0.25) is 0 Å². The molecule has 0 aromatic carbocycles. The zero-order valence-electron chi connectivity index (χ0n) is 9.70. The molecule has 3 N–H and O–H groups in total. The molecule has 0 aliphatic carbocycles.